The molecule has 0 aromatic heterocycles. The lowest BCUT2D eigenvalue weighted by atomic mass is 10.0. The van der Waals surface area contributed by atoms with Crippen LogP contribution < -0.4 is 10.6 Å². The lowest BCUT2D eigenvalue weighted by Crippen LogP contribution is -2.39. The maximum absolute atomic E-state index is 12.9. The monoisotopic (exact) mass is 313 g/mol. The van der Waals surface area contributed by atoms with Crippen LogP contribution in [-0.4, -0.2) is 17.2 Å². The Bertz CT molecular complexity index is 708. The standard InChI is InChI=1S/C17H16FN3O2/c1-11(16(22)13-4-6-14(18)7-5-13)20-17(23)21-15-8-2-12(10-19)3-9-15/h2-9,11,16,22H,1H3,(H2,20,21,23)/t11-,16-/m0/s1. The van der Waals surface area contributed by atoms with E-state index >= 15 is 0 Å². The molecule has 0 aliphatic carbocycles. The number of benzene rings is 2. The van der Waals surface area contributed by atoms with E-state index in [0.717, 1.165) is 0 Å². The third-order valence-corrected chi connectivity index (χ3v) is 3.32. The van der Waals surface area contributed by atoms with E-state index in [9.17, 15) is 14.3 Å². The van der Waals surface area contributed by atoms with Crippen molar-refractivity contribution in [2.24, 2.45) is 0 Å². The largest absolute Gasteiger partial charge is 0.386 e. The van der Waals surface area contributed by atoms with Crippen molar-refractivity contribution in [3.63, 3.8) is 0 Å². The molecule has 0 aliphatic heterocycles. The fourth-order valence-corrected chi connectivity index (χ4v) is 2.03. The molecule has 0 unspecified atom stereocenters. The summed E-state index contributed by atoms with van der Waals surface area (Å²) in [6, 6.07) is 12.8. The molecule has 0 saturated carbocycles. The van der Waals surface area contributed by atoms with Crippen molar-refractivity contribution in [1.82, 2.24) is 5.32 Å². The van der Waals surface area contributed by atoms with Gasteiger partial charge in [0.05, 0.1) is 23.8 Å². The number of halogens is 1. The van der Waals surface area contributed by atoms with Gasteiger partial charge in [-0.3, -0.25) is 0 Å². The van der Waals surface area contributed by atoms with Crippen LogP contribution in [0.3, 0.4) is 0 Å². The van der Waals surface area contributed by atoms with Gasteiger partial charge in [-0.2, -0.15) is 5.26 Å². The molecule has 0 aliphatic rings. The number of nitriles is 1. The number of nitrogens with zero attached hydrogens (tertiary/aromatic N) is 1. The summed E-state index contributed by atoms with van der Waals surface area (Å²) in [5.41, 5.74) is 1.54. The molecule has 0 heterocycles. The number of anilines is 1. The third-order valence-electron chi connectivity index (χ3n) is 3.32. The second kappa shape index (κ2) is 7.38. The van der Waals surface area contributed by atoms with Crippen LogP contribution in [0.2, 0.25) is 0 Å². The Kier molecular flexibility index (Phi) is 5.28. The summed E-state index contributed by atoms with van der Waals surface area (Å²) in [4.78, 5) is 11.9. The molecule has 0 radical (unpaired) electrons. The zero-order valence-electron chi connectivity index (χ0n) is 12.5. The van der Waals surface area contributed by atoms with Crippen LogP contribution in [0.4, 0.5) is 14.9 Å². The van der Waals surface area contributed by atoms with Gasteiger partial charge in [0.1, 0.15) is 5.82 Å². The minimum Gasteiger partial charge on any atom is -0.386 e. The first kappa shape index (κ1) is 16.5. The molecule has 2 aromatic rings. The molecular formula is C17H16FN3O2. The summed E-state index contributed by atoms with van der Waals surface area (Å²) in [6.07, 6.45) is -0.956. The number of aliphatic hydroxyl groups is 1. The van der Waals surface area contributed by atoms with Crippen LogP contribution in [0.15, 0.2) is 48.5 Å². The van der Waals surface area contributed by atoms with Crippen molar-refractivity contribution in [3.8, 4) is 6.07 Å². The van der Waals surface area contributed by atoms with Gasteiger partial charge in [0, 0.05) is 5.69 Å². The quantitative estimate of drug-likeness (QED) is 0.811. The molecule has 0 bridgehead atoms. The first-order valence-electron chi connectivity index (χ1n) is 7.01. The lowest BCUT2D eigenvalue weighted by Gasteiger charge is -2.21. The van der Waals surface area contributed by atoms with Crippen molar-refractivity contribution < 1.29 is 14.3 Å². The van der Waals surface area contributed by atoms with E-state index < -0.39 is 18.2 Å². The summed E-state index contributed by atoms with van der Waals surface area (Å²) >= 11 is 0. The van der Waals surface area contributed by atoms with Gasteiger partial charge < -0.3 is 15.7 Å². The van der Waals surface area contributed by atoms with Gasteiger partial charge in [-0.15, -0.1) is 0 Å². The number of nitrogens with one attached hydrogen (secondary N) is 2. The van der Waals surface area contributed by atoms with E-state index in [1.165, 1.54) is 24.3 Å². The maximum atomic E-state index is 12.9. The van der Waals surface area contributed by atoms with Gasteiger partial charge in [-0.05, 0) is 48.9 Å². The zero-order valence-corrected chi connectivity index (χ0v) is 12.5. The number of aliphatic hydroxyl groups excluding tert-OH is 1. The highest BCUT2D eigenvalue weighted by Gasteiger charge is 2.18. The van der Waals surface area contributed by atoms with E-state index in [1.807, 2.05) is 6.07 Å². The van der Waals surface area contributed by atoms with Crippen LogP contribution in [0.5, 0.6) is 0 Å². The highest BCUT2D eigenvalue weighted by Crippen LogP contribution is 2.17. The highest BCUT2D eigenvalue weighted by molar-refractivity contribution is 5.89. The molecule has 6 heteroatoms. The maximum Gasteiger partial charge on any atom is 0.319 e. The van der Waals surface area contributed by atoms with Gasteiger partial charge in [0.15, 0.2) is 0 Å². The molecule has 2 aromatic carbocycles. The van der Waals surface area contributed by atoms with Crippen LogP contribution in [-0.2, 0) is 0 Å². The van der Waals surface area contributed by atoms with Crippen LogP contribution >= 0.6 is 0 Å². The van der Waals surface area contributed by atoms with Crippen molar-refractivity contribution in [2.45, 2.75) is 19.1 Å². The van der Waals surface area contributed by atoms with Gasteiger partial charge in [-0.25, -0.2) is 9.18 Å². The Balaban J connectivity index is 1.93. The summed E-state index contributed by atoms with van der Waals surface area (Å²) in [5.74, 6) is -0.389. The predicted molar refractivity (Wildman–Crippen MR) is 84.1 cm³/mol. The minimum atomic E-state index is -0.956. The average Bonchev–Trinajstić information content (AvgIpc) is 2.55. The van der Waals surface area contributed by atoms with Crippen molar-refractivity contribution in [3.05, 3.63) is 65.5 Å². The Hall–Kier alpha value is -2.91. The molecule has 2 rings (SSSR count). The van der Waals surface area contributed by atoms with E-state index in [4.69, 9.17) is 5.26 Å². The van der Waals surface area contributed by atoms with Crippen LogP contribution in [0, 0.1) is 17.1 Å². The predicted octanol–water partition coefficient (Wildman–Crippen LogP) is 2.94. The minimum absolute atomic E-state index is 0.389. The highest BCUT2D eigenvalue weighted by atomic mass is 19.1. The number of hydrogen-bond donors (Lipinski definition) is 3. The first-order valence-corrected chi connectivity index (χ1v) is 7.01. The summed E-state index contributed by atoms with van der Waals surface area (Å²) in [6.45, 7) is 1.65. The molecule has 0 spiro atoms. The number of rotatable bonds is 4. The molecule has 0 fully saturated rings. The number of hydrogen-bond acceptors (Lipinski definition) is 3. The van der Waals surface area contributed by atoms with Crippen molar-refractivity contribution >= 4 is 11.7 Å². The van der Waals surface area contributed by atoms with Gasteiger partial charge in [0.25, 0.3) is 0 Å². The summed E-state index contributed by atoms with van der Waals surface area (Å²) in [5, 5.41) is 24.1. The molecular weight excluding hydrogens is 297 g/mol. The number of carbonyl (C=O) groups is 1. The Labute approximate surface area is 133 Å². The van der Waals surface area contributed by atoms with E-state index in [1.54, 1.807) is 31.2 Å². The van der Waals surface area contributed by atoms with Crippen LogP contribution in [0.1, 0.15) is 24.2 Å². The Morgan fingerprint density at radius 2 is 1.78 bits per heavy atom. The molecule has 3 N–H and O–H groups in total. The fraction of sp³-hybridized carbons (Fsp3) is 0.176. The van der Waals surface area contributed by atoms with Gasteiger partial charge in [0.2, 0.25) is 0 Å². The first-order chi connectivity index (χ1) is 11.0. The van der Waals surface area contributed by atoms with Crippen molar-refractivity contribution in [1.29, 1.82) is 5.26 Å². The second-order valence-electron chi connectivity index (χ2n) is 5.07. The van der Waals surface area contributed by atoms with E-state index in [2.05, 4.69) is 10.6 Å². The topological polar surface area (TPSA) is 85.2 Å². The average molecular weight is 313 g/mol. The Morgan fingerprint density at radius 3 is 2.35 bits per heavy atom. The Morgan fingerprint density at radius 1 is 1.17 bits per heavy atom. The molecule has 2 atom stereocenters. The second-order valence-corrected chi connectivity index (χ2v) is 5.07. The van der Waals surface area contributed by atoms with E-state index in [0.29, 0.717) is 16.8 Å². The van der Waals surface area contributed by atoms with Crippen LogP contribution in [0.25, 0.3) is 0 Å². The smallest absolute Gasteiger partial charge is 0.319 e. The fourth-order valence-electron chi connectivity index (χ4n) is 2.03. The molecule has 2 amide bonds. The van der Waals surface area contributed by atoms with Gasteiger partial charge in [-0.1, -0.05) is 12.1 Å². The van der Waals surface area contributed by atoms with E-state index in [-0.39, 0.29) is 5.82 Å². The number of carbonyl (C=O) groups excluding carboxylic acids is 1. The van der Waals surface area contributed by atoms with Crippen molar-refractivity contribution in [2.75, 3.05) is 5.32 Å². The third kappa shape index (κ3) is 4.53. The lowest BCUT2D eigenvalue weighted by molar-refractivity contribution is 0.139. The van der Waals surface area contributed by atoms with Gasteiger partial charge >= 0.3 is 6.03 Å². The number of amides is 2. The zero-order chi connectivity index (χ0) is 16.8. The summed E-state index contributed by atoms with van der Waals surface area (Å²) in [7, 11) is 0. The molecule has 118 valence electrons. The molecule has 23 heavy (non-hydrogen) atoms. The number of urea groups is 1. The molecule has 0 saturated heterocycles. The molecule has 5 nitrogen and oxygen atoms in total. The normalized spacial score (nSPS) is 12.8. The summed E-state index contributed by atoms with van der Waals surface area (Å²) < 4.78 is 12.9. The SMILES string of the molecule is C[C@H](NC(=O)Nc1ccc(C#N)cc1)[C@H](O)c1ccc(F)cc1.